The zero-order valence-corrected chi connectivity index (χ0v) is 18.8. The second-order valence-corrected chi connectivity index (χ2v) is 8.90. The summed E-state index contributed by atoms with van der Waals surface area (Å²) in [6, 6.07) is 4.66. The van der Waals surface area contributed by atoms with Gasteiger partial charge >= 0.3 is 6.18 Å². The van der Waals surface area contributed by atoms with Gasteiger partial charge in [0, 0.05) is 37.3 Å². The first-order chi connectivity index (χ1) is 16.6. The minimum atomic E-state index is -4.77. The molecule has 14 heteroatoms. The van der Waals surface area contributed by atoms with Gasteiger partial charge in [-0.1, -0.05) is 22.8 Å². The van der Waals surface area contributed by atoms with Crippen molar-refractivity contribution in [2.45, 2.75) is 31.0 Å². The lowest BCUT2D eigenvalue weighted by molar-refractivity contribution is -0.142. The molecule has 3 heterocycles. The number of amides is 1. The zero-order valence-electron chi connectivity index (χ0n) is 18.0. The van der Waals surface area contributed by atoms with E-state index in [0.29, 0.717) is 23.5 Å². The molecular weight excluding hydrogens is 499 g/mol. The second-order valence-electron chi connectivity index (χ2n) is 8.49. The summed E-state index contributed by atoms with van der Waals surface area (Å²) in [6.45, 7) is -0.309. The van der Waals surface area contributed by atoms with Crippen LogP contribution in [-0.4, -0.2) is 62.0 Å². The summed E-state index contributed by atoms with van der Waals surface area (Å²) in [4.78, 5) is 18.3. The van der Waals surface area contributed by atoms with Gasteiger partial charge in [0.25, 0.3) is 5.89 Å². The Kier molecular flexibility index (Phi) is 5.79. The van der Waals surface area contributed by atoms with Gasteiger partial charge in [0.15, 0.2) is 11.5 Å². The monoisotopic (exact) mass is 516 g/mol. The highest BCUT2D eigenvalue weighted by Crippen LogP contribution is 2.54. The van der Waals surface area contributed by atoms with Crippen LogP contribution in [0.1, 0.15) is 29.9 Å². The normalized spacial score (nSPS) is 18.2. The number of piperazine rings is 1. The molecule has 1 aromatic carbocycles. The van der Waals surface area contributed by atoms with Gasteiger partial charge in [-0.15, -0.1) is 9.60 Å². The summed E-state index contributed by atoms with van der Waals surface area (Å²) < 4.78 is 73.1. The molecule has 186 valence electrons. The number of hydrogen-bond acceptors (Lipinski definition) is 6. The number of rotatable bonds is 5. The molecule has 0 bridgehead atoms. The van der Waals surface area contributed by atoms with E-state index in [-0.39, 0.29) is 48.6 Å². The van der Waals surface area contributed by atoms with Crippen molar-refractivity contribution in [2.75, 3.05) is 26.2 Å². The van der Waals surface area contributed by atoms with Crippen LogP contribution in [0.25, 0.3) is 11.6 Å². The molecule has 0 atom stereocenters. The number of alkyl halides is 3. The van der Waals surface area contributed by atoms with E-state index in [1.54, 1.807) is 0 Å². The van der Waals surface area contributed by atoms with Crippen molar-refractivity contribution in [1.29, 1.82) is 0 Å². The molecule has 0 unspecified atom stereocenters. The van der Waals surface area contributed by atoms with Crippen molar-refractivity contribution in [1.82, 2.24) is 29.9 Å². The zero-order chi connectivity index (χ0) is 25.0. The van der Waals surface area contributed by atoms with Gasteiger partial charge in [0.2, 0.25) is 5.91 Å². The highest BCUT2D eigenvalue weighted by Gasteiger charge is 2.51. The maximum Gasteiger partial charge on any atom is 0.435 e. The van der Waals surface area contributed by atoms with Crippen LogP contribution in [-0.2, 0) is 22.9 Å². The highest BCUT2D eigenvalue weighted by molar-refractivity contribution is 6.31. The van der Waals surface area contributed by atoms with E-state index in [1.165, 1.54) is 17.0 Å². The fourth-order valence-electron chi connectivity index (χ4n) is 4.15. The Labute approximate surface area is 200 Å². The maximum atomic E-state index is 13.5. The Bertz CT molecular complexity index is 1260. The maximum absolute atomic E-state index is 13.5. The molecule has 1 aliphatic carbocycles. The van der Waals surface area contributed by atoms with Gasteiger partial charge in [-0.25, -0.2) is 9.07 Å². The van der Waals surface area contributed by atoms with E-state index in [0.717, 1.165) is 16.8 Å². The summed E-state index contributed by atoms with van der Waals surface area (Å²) in [6.07, 6.45) is -3.60. The number of hydrogen-bond donors (Lipinski definition) is 0. The van der Waals surface area contributed by atoms with Gasteiger partial charge in [-0.2, -0.15) is 23.3 Å². The van der Waals surface area contributed by atoms with E-state index in [1.807, 2.05) is 0 Å². The van der Waals surface area contributed by atoms with Crippen LogP contribution >= 0.6 is 11.6 Å². The SMILES string of the molecule is O=C(Cn1nc(C(F)(F)F)cc1-c1nc(C2(c3ccc(F)cc3Cl)CC2)no1)N1CCN(F)CC1. The molecule has 5 rings (SSSR count). The van der Waals surface area contributed by atoms with E-state index >= 15 is 0 Å². The van der Waals surface area contributed by atoms with E-state index in [9.17, 15) is 26.8 Å². The lowest BCUT2D eigenvalue weighted by atomic mass is 9.95. The lowest BCUT2D eigenvalue weighted by Crippen LogP contribution is -2.47. The minimum absolute atomic E-state index is 0.00650. The van der Waals surface area contributed by atoms with Gasteiger partial charge in [0.1, 0.15) is 18.1 Å². The highest BCUT2D eigenvalue weighted by atomic mass is 35.5. The van der Waals surface area contributed by atoms with Crippen LogP contribution in [0.3, 0.4) is 0 Å². The molecule has 0 N–H and O–H groups in total. The van der Waals surface area contributed by atoms with Gasteiger partial charge in [-0.05, 0) is 30.5 Å². The number of benzene rings is 1. The Morgan fingerprint density at radius 1 is 1.14 bits per heavy atom. The van der Waals surface area contributed by atoms with E-state index in [4.69, 9.17) is 16.1 Å². The van der Waals surface area contributed by atoms with E-state index < -0.39 is 35.6 Å². The first-order valence-corrected chi connectivity index (χ1v) is 11.1. The van der Waals surface area contributed by atoms with Crippen LogP contribution in [0.5, 0.6) is 0 Å². The molecule has 3 aromatic rings. The Hall–Kier alpha value is -3.06. The molecule has 1 saturated carbocycles. The molecule has 1 aliphatic heterocycles. The average molecular weight is 517 g/mol. The predicted molar refractivity (Wildman–Crippen MR) is 111 cm³/mol. The third-order valence-corrected chi connectivity index (χ3v) is 6.52. The molecule has 2 fully saturated rings. The standard InChI is InChI=1S/C21H18ClF5N6O2/c22-14-9-12(23)1-2-13(14)20(3-4-20)19-28-18(35-30-19)15-10-16(21(24,25)26)29-33(15)11-17(34)31-5-7-32(27)8-6-31/h1-2,9-10H,3-8,11H2. The summed E-state index contributed by atoms with van der Waals surface area (Å²) >= 11 is 6.21. The second kappa shape index (κ2) is 8.55. The van der Waals surface area contributed by atoms with Crippen LogP contribution in [0.15, 0.2) is 28.8 Å². The van der Waals surface area contributed by atoms with Crippen molar-refractivity contribution in [3.63, 3.8) is 0 Å². The Balaban J connectivity index is 1.46. The number of carbonyl (C=O) groups excluding carboxylic acids is 1. The third kappa shape index (κ3) is 4.49. The first-order valence-electron chi connectivity index (χ1n) is 10.7. The van der Waals surface area contributed by atoms with Crippen LogP contribution in [0.4, 0.5) is 22.0 Å². The van der Waals surface area contributed by atoms with Gasteiger partial charge in [0.05, 0.1) is 5.41 Å². The molecule has 35 heavy (non-hydrogen) atoms. The first kappa shape index (κ1) is 23.7. The summed E-state index contributed by atoms with van der Waals surface area (Å²) in [5.41, 5.74) is -1.57. The predicted octanol–water partition coefficient (Wildman–Crippen LogP) is 3.85. The van der Waals surface area contributed by atoms with Crippen molar-refractivity contribution < 1.29 is 31.4 Å². The molecule has 8 nitrogen and oxygen atoms in total. The summed E-state index contributed by atoms with van der Waals surface area (Å²) in [5.74, 6) is -1.10. The van der Waals surface area contributed by atoms with Crippen molar-refractivity contribution in [2.24, 2.45) is 0 Å². The fraction of sp³-hybridized carbons (Fsp3) is 0.429. The van der Waals surface area contributed by atoms with Gasteiger partial charge in [-0.3, -0.25) is 4.79 Å². The Morgan fingerprint density at radius 3 is 2.49 bits per heavy atom. The molecule has 1 amide bonds. The molecule has 1 saturated heterocycles. The average Bonchev–Trinajstić information content (AvgIpc) is 3.23. The number of nitrogens with zero attached hydrogens (tertiary/aromatic N) is 6. The van der Waals surface area contributed by atoms with Crippen LogP contribution < -0.4 is 0 Å². The number of carbonyl (C=O) groups is 1. The quantitative estimate of drug-likeness (QED) is 0.378. The fourth-order valence-corrected chi connectivity index (χ4v) is 4.49. The molecular formula is C21H18ClF5N6O2. The summed E-state index contributed by atoms with van der Waals surface area (Å²) in [7, 11) is 0. The molecule has 2 aromatic heterocycles. The number of aromatic nitrogens is 4. The lowest BCUT2D eigenvalue weighted by Gasteiger charge is -2.29. The smallest absolute Gasteiger partial charge is 0.338 e. The van der Waals surface area contributed by atoms with Crippen molar-refractivity contribution in [3.05, 3.63) is 52.2 Å². The van der Waals surface area contributed by atoms with Crippen molar-refractivity contribution in [3.8, 4) is 11.6 Å². The largest absolute Gasteiger partial charge is 0.435 e. The summed E-state index contributed by atoms with van der Waals surface area (Å²) in [5, 5.41) is 8.24. The number of halogens is 6. The van der Waals surface area contributed by atoms with E-state index in [2.05, 4.69) is 15.2 Å². The topological polar surface area (TPSA) is 80.3 Å². The molecule has 0 radical (unpaired) electrons. The molecule has 0 spiro atoms. The van der Waals surface area contributed by atoms with Crippen LogP contribution in [0.2, 0.25) is 5.02 Å². The van der Waals surface area contributed by atoms with Crippen LogP contribution in [0, 0.1) is 5.82 Å². The minimum Gasteiger partial charge on any atom is -0.338 e. The van der Waals surface area contributed by atoms with Gasteiger partial charge < -0.3 is 9.42 Å². The Morgan fingerprint density at radius 2 is 1.86 bits per heavy atom. The third-order valence-electron chi connectivity index (χ3n) is 6.20. The molecule has 2 aliphatic rings. The van der Waals surface area contributed by atoms with Crippen molar-refractivity contribution >= 4 is 17.5 Å².